The molecule has 124 valence electrons. The van der Waals surface area contributed by atoms with Crippen LogP contribution in [-0.4, -0.2) is 50.3 Å². The monoisotopic (exact) mass is 328 g/mol. The van der Waals surface area contributed by atoms with Crippen molar-refractivity contribution < 1.29 is 23.0 Å². The molecule has 0 radical (unpaired) electrons. The van der Waals surface area contributed by atoms with Gasteiger partial charge in [-0.05, 0) is 12.1 Å². The maximum atomic E-state index is 12.8. The van der Waals surface area contributed by atoms with Gasteiger partial charge in [-0.3, -0.25) is 4.98 Å². The fourth-order valence-corrected chi connectivity index (χ4v) is 2.46. The highest BCUT2D eigenvalue weighted by Crippen LogP contribution is 2.24. The second-order valence-electron chi connectivity index (χ2n) is 5.43. The van der Waals surface area contributed by atoms with E-state index < -0.39 is 18.8 Å². The third-order valence-electron chi connectivity index (χ3n) is 3.63. The van der Waals surface area contributed by atoms with E-state index in [2.05, 4.69) is 15.1 Å². The lowest BCUT2D eigenvalue weighted by molar-refractivity contribution is -0.143. The van der Waals surface area contributed by atoms with Crippen LogP contribution in [0.1, 0.15) is 5.82 Å². The van der Waals surface area contributed by atoms with Gasteiger partial charge in [0.25, 0.3) is 0 Å². The zero-order chi connectivity index (χ0) is 16.4. The van der Waals surface area contributed by atoms with Gasteiger partial charge in [0.2, 0.25) is 0 Å². The van der Waals surface area contributed by atoms with Crippen LogP contribution in [0.15, 0.2) is 24.5 Å². The molecule has 0 aromatic carbocycles. The molecule has 2 aromatic rings. The minimum atomic E-state index is -4.40. The Kier molecular flexibility index (Phi) is 4.31. The molecule has 0 bridgehead atoms. The average molecular weight is 328 g/mol. The van der Waals surface area contributed by atoms with Crippen LogP contribution in [0.2, 0.25) is 0 Å². The summed E-state index contributed by atoms with van der Waals surface area (Å²) >= 11 is 0. The van der Waals surface area contributed by atoms with Gasteiger partial charge in [-0.15, -0.1) is 0 Å². The molecule has 1 aliphatic heterocycles. The van der Waals surface area contributed by atoms with Crippen molar-refractivity contribution >= 4 is 0 Å². The molecule has 3 rings (SSSR count). The van der Waals surface area contributed by atoms with Crippen LogP contribution in [0, 0.1) is 5.92 Å². The minimum Gasteiger partial charge on any atom is -0.390 e. The number of hydrogen-bond acceptors (Lipinski definition) is 5. The summed E-state index contributed by atoms with van der Waals surface area (Å²) in [5, 5.41) is 13.8. The van der Waals surface area contributed by atoms with Gasteiger partial charge in [0.05, 0.1) is 19.3 Å². The molecule has 9 heteroatoms. The fraction of sp³-hybridized carbons (Fsp3) is 0.500. The zero-order valence-electron chi connectivity index (χ0n) is 12.1. The molecule has 0 unspecified atom stereocenters. The molecule has 0 aliphatic carbocycles. The second kappa shape index (κ2) is 6.25. The number of alkyl halides is 3. The predicted molar refractivity (Wildman–Crippen MR) is 73.3 cm³/mol. The normalized spacial score (nSPS) is 21.7. The molecule has 6 nitrogen and oxygen atoms in total. The molecule has 3 heterocycles. The van der Waals surface area contributed by atoms with Gasteiger partial charge in [-0.1, -0.05) is 0 Å². The molecule has 2 atom stereocenters. The van der Waals surface area contributed by atoms with Gasteiger partial charge in [0.1, 0.15) is 12.4 Å². The first-order valence-corrected chi connectivity index (χ1v) is 7.09. The van der Waals surface area contributed by atoms with Crippen molar-refractivity contribution in [1.82, 2.24) is 19.7 Å². The highest BCUT2D eigenvalue weighted by Gasteiger charge is 2.33. The molecular formula is C14H15F3N4O2. The van der Waals surface area contributed by atoms with E-state index in [1.165, 1.54) is 12.4 Å². The number of aliphatic hydroxyl groups excluding tert-OH is 1. The van der Waals surface area contributed by atoms with E-state index in [9.17, 15) is 18.3 Å². The number of aliphatic hydroxyl groups is 1. The van der Waals surface area contributed by atoms with E-state index in [4.69, 9.17) is 4.74 Å². The summed E-state index contributed by atoms with van der Waals surface area (Å²) < 4.78 is 44.2. The Bertz CT molecular complexity index is 660. The molecule has 1 fully saturated rings. The number of nitrogens with zero attached hydrogens (tertiary/aromatic N) is 4. The molecule has 0 amide bonds. The molecule has 2 aromatic heterocycles. The molecule has 0 saturated carbocycles. The third-order valence-corrected chi connectivity index (χ3v) is 3.63. The number of hydrogen-bond donors (Lipinski definition) is 1. The first-order chi connectivity index (χ1) is 10.9. The average Bonchev–Trinajstić information content (AvgIpc) is 3.06. The van der Waals surface area contributed by atoms with E-state index in [1.807, 2.05) is 0 Å². The summed E-state index contributed by atoms with van der Waals surface area (Å²) in [4.78, 5) is 8.08. The number of ether oxygens (including phenoxy) is 1. The van der Waals surface area contributed by atoms with Crippen molar-refractivity contribution in [3.05, 3.63) is 30.4 Å². The first-order valence-electron chi connectivity index (χ1n) is 7.09. The van der Waals surface area contributed by atoms with Gasteiger partial charge in [0.15, 0.2) is 5.82 Å². The van der Waals surface area contributed by atoms with Crippen LogP contribution < -0.4 is 0 Å². The molecule has 23 heavy (non-hydrogen) atoms. The summed E-state index contributed by atoms with van der Waals surface area (Å²) in [6.07, 6.45) is -1.88. The molecule has 0 spiro atoms. The lowest BCUT2D eigenvalue weighted by Crippen LogP contribution is -2.25. The smallest absolute Gasteiger partial charge is 0.390 e. The van der Waals surface area contributed by atoms with Gasteiger partial charge < -0.3 is 9.84 Å². The fourth-order valence-electron chi connectivity index (χ4n) is 2.46. The summed E-state index contributed by atoms with van der Waals surface area (Å²) in [6.45, 7) is -0.732. The number of halogens is 3. The maximum absolute atomic E-state index is 12.8. The van der Waals surface area contributed by atoms with Gasteiger partial charge in [-0.2, -0.15) is 18.3 Å². The first kappa shape index (κ1) is 15.9. The van der Waals surface area contributed by atoms with Crippen molar-refractivity contribution in [2.75, 3.05) is 13.2 Å². The van der Waals surface area contributed by atoms with E-state index in [0.29, 0.717) is 12.2 Å². The number of rotatable bonds is 4. The largest absolute Gasteiger partial charge is 0.408 e. The van der Waals surface area contributed by atoms with Crippen LogP contribution in [0.3, 0.4) is 0 Å². The second-order valence-corrected chi connectivity index (χ2v) is 5.43. The minimum absolute atomic E-state index is 0.176. The number of aromatic nitrogens is 4. The van der Waals surface area contributed by atoms with Crippen LogP contribution in [0.4, 0.5) is 13.2 Å². The van der Waals surface area contributed by atoms with Crippen LogP contribution in [0.5, 0.6) is 0 Å². The van der Waals surface area contributed by atoms with Gasteiger partial charge in [0, 0.05) is 30.3 Å². The molecule has 1 N–H and O–H groups in total. The molecular weight excluding hydrogens is 313 g/mol. The Balaban J connectivity index is 1.90. The highest BCUT2D eigenvalue weighted by molar-refractivity contribution is 5.53. The predicted octanol–water partition coefficient (Wildman–Crippen LogP) is 1.45. The topological polar surface area (TPSA) is 73.1 Å². The Morgan fingerprint density at radius 3 is 2.61 bits per heavy atom. The Morgan fingerprint density at radius 2 is 2.00 bits per heavy atom. The Labute approximate surface area is 129 Å². The highest BCUT2D eigenvalue weighted by atomic mass is 19.4. The standard InChI is InChI=1S/C14H15F3N4O2/c15-14(16,17)8-21-12(5-10-6-23-7-11(10)22)19-13(20-21)9-1-3-18-4-2-9/h1-4,10-11,22H,5-8H2/t10-,11-/m1/s1. The molecule has 1 aliphatic rings. The van der Waals surface area contributed by atoms with Crippen LogP contribution >= 0.6 is 0 Å². The van der Waals surface area contributed by atoms with Gasteiger partial charge >= 0.3 is 6.18 Å². The van der Waals surface area contributed by atoms with Crippen molar-refractivity contribution in [2.45, 2.75) is 25.2 Å². The van der Waals surface area contributed by atoms with Crippen molar-refractivity contribution in [3.8, 4) is 11.4 Å². The summed E-state index contributed by atoms with van der Waals surface area (Å²) in [6, 6.07) is 3.26. The third kappa shape index (κ3) is 3.85. The zero-order valence-corrected chi connectivity index (χ0v) is 12.1. The molecule has 1 saturated heterocycles. The maximum Gasteiger partial charge on any atom is 0.408 e. The van der Waals surface area contributed by atoms with E-state index in [-0.39, 0.29) is 30.6 Å². The van der Waals surface area contributed by atoms with E-state index in [1.54, 1.807) is 12.1 Å². The van der Waals surface area contributed by atoms with Gasteiger partial charge in [-0.25, -0.2) is 9.67 Å². The summed E-state index contributed by atoms with van der Waals surface area (Å²) in [5.74, 6) is 0.111. The van der Waals surface area contributed by atoms with Crippen molar-refractivity contribution in [2.24, 2.45) is 5.92 Å². The van der Waals surface area contributed by atoms with Crippen LogP contribution in [-0.2, 0) is 17.7 Å². The SMILES string of the molecule is O[C@@H]1COC[C@H]1Cc1nc(-c2ccncc2)nn1CC(F)(F)F. The van der Waals surface area contributed by atoms with Crippen LogP contribution in [0.25, 0.3) is 11.4 Å². The van der Waals surface area contributed by atoms with E-state index >= 15 is 0 Å². The summed E-state index contributed by atoms with van der Waals surface area (Å²) in [5.41, 5.74) is 0.588. The van der Waals surface area contributed by atoms with Crippen molar-refractivity contribution in [3.63, 3.8) is 0 Å². The number of pyridine rings is 1. The van der Waals surface area contributed by atoms with E-state index in [0.717, 1.165) is 4.68 Å². The Hall–Kier alpha value is -2.00. The lowest BCUT2D eigenvalue weighted by atomic mass is 10.0. The lowest BCUT2D eigenvalue weighted by Gasteiger charge is -2.13. The Morgan fingerprint density at radius 1 is 1.26 bits per heavy atom. The van der Waals surface area contributed by atoms with Crippen molar-refractivity contribution in [1.29, 1.82) is 0 Å². The quantitative estimate of drug-likeness (QED) is 0.920. The summed E-state index contributed by atoms with van der Waals surface area (Å²) in [7, 11) is 0.